The molecule has 0 aromatic heterocycles. The molecule has 1 aliphatic rings. The molecule has 0 spiro atoms. The fourth-order valence-electron chi connectivity index (χ4n) is 3.64. The monoisotopic (exact) mass is 368 g/mol. The van der Waals surface area contributed by atoms with Crippen molar-refractivity contribution in [1.82, 2.24) is 10.2 Å². The Labute approximate surface area is 161 Å². The van der Waals surface area contributed by atoms with Crippen molar-refractivity contribution in [2.24, 2.45) is 0 Å². The molecule has 0 aliphatic carbocycles. The van der Waals surface area contributed by atoms with E-state index in [0.29, 0.717) is 6.04 Å². The SMILES string of the molecule is CCN1CCCCC1CNC(=O)c1cccc(-c2ccc(SC)cc2)c1. The lowest BCUT2D eigenvalue weighted by atomic mass is 10.0. The zero-order valence-corrected chi connectivity index (χ0v) is 16.5. The van der Waals surface area contributed by atoms with Crippen molar-refractivity contribution in [2.75, 3.05) is 25.9 Å². The molecule has 3 rings (SSSR count). The van der Waals surface area contributed by atoms with E-state index in [1.54, 1.807) is 11.8 Å². The maximum Gasteiger partial charge on any atom is 0.251 e. The van der Waals surface area contributed by atoms with Crippen LogP contribution in [0.3, 0.4) is 0 Å². The first-order chi connectivity index (χ1) is 12.7. The molecule has 26 heavy (non-hydrogen) atoms. The molecule has 4 heteroatoms. The molecule has 1 heterocycles. The second-order valence-corrected chi connectivity index (χ2v) is 7.68. The molecule has 1 amide bonds. The van der Waals surface area contributed by atoms with E-state index in [9.17, 15) is 4.79 Å². The summed E-state index contributed by atoms with van der Waals surface area (Å²) in [6.45, 7) is 5.14. The van der Waals surface area contributed by atoms with Gasteiger partial charge in [-0.25, -0.2) is 0 Å². The van der Waals surface area contributed by atoms with Crippen LogP contribution in [0.15, 0.2) is 53.4 Å². The van der Waals surface area contributed by atoms with Crippen LogP contribution in [0.4, 0.5) is 0 Å². The van der Waals surface area contributed by atoms with E-state index < -0.39 is 0 Å². The molecule has 1 fully saturated rings. The van der Waals surface area contributed by atoms with Crippen molar-refractivity contribution in [3.8, 4) is 11.1 Å². The molecular weight excluding hydrogens is 340 g/mol. The Morgan fingerprint density at radius 1 is 1.15 bits per heavy atom. The summed E-state index contributed by atoms with van der Waals surface area (Å²) in [5.74, 6) is 0.0224. The molecule has 0 saturated carbocycles. The largest absolute Gasteiger partial charge is 0.350 e. The van der Waals surface area contributed by atoms with Gasteiger partial charge in [0, 0.05) is 23.0 Å². The lowest BCUT2D eigenvalue weighted by Crippen LogP contribution is -2.46. The smallest absolute Gasteiger partial charge is 0.251 e. The van der Waals surface area contributed by atoms with E-state index in [-0.39, 0.29) is 5.91 Å². The Kier molecular flexibility index (Phi) is 6.75. The van der Waals surface area contributed by atoms with Crippen molar-refractivity contribution in [3.63, 3.8) is 0 Å². The van der Waals surface area contributed by atoms with Gasteiger partial charge in [0.05, 0.1) is 0 Å². The lowest BCUT2D eigenvalue weighted by molar-refractivity contribution is 0.0918. The number of carbonyl (C=O) groups is 1. The van der Waals surface area contributed by atoms with Crippen LogP contribution in [0.5, 0.6) is 0 Å². The first kappa shape index (κ1) is 19.0. The minimum atomic E-state index is 0.0224. The zero-order valence-electron chi connectivity index (χ0n) is 15.7. The molecule has 2 aromatic rings. The summed E-state index contributed by atoms with van der Waals surface area (Å²) < 4.78 is 0. The molecular formula is C22H28N2OS. The number of benzene rings is 2. The average Bonchev–Trinajstić information content (AvgIpc) is 2.72. The van der Waals surface area contributed by atoms with E-state index in [1.807, 2.05) is 18.2 Å². The maximum absolute atomic E-state index is 12.6. The summed E-state index contributed by atoms with van der Waals surface area (Å²) in [4.78, 5) is 16.4. The highest BCUT2D eigenvalue weighted by Crippen LogP contribution is 2.24. The molecule has 1 N–H and O–H groups in total. The molecule has 1 atom stereocenters. The van der Waals surface area contributed by atoms with E-state index in [2.05, 4.69) is 53.7 Å². The van der Waals surface area contributed by atoms with E-state index in [4.69, 9.17) is 0 Å². The fourth-order valence-corrected chi connectivity index (χ4v) is 4.05. The Morgan fingerprint density at radius 2 is 1.96 bits per heavy atom. The number of piperidine rings is 1. The lowest BCUT2D eigenvalue weighted by Gasteiger charge is -2.34. The van der Waals surface area contributed by atoms with Gasteiger partial charge in [-0.05, 0) is 67.6 Å². The van der Waals surface area contributed by atoms with Gasteiger partial charge >= 0.3 is 0 Å². The van der Waals surface area contributed by atoms with E-state index in [0.717, 1.165) is 36.3 Å². The number of thioether (sulfide) groups is 1. The van der Waals surface area contributed by atoms with Crippen molar-refractivity contribution < 1.29 is 4.79 Å². The van der Waals surface area contributed by atoms with Crippen LogP contribution in [-0.4, -0.2) is 42.7 Å². The first-order valence-electron chi connectivity index (χ1n) is 9.48. The van der Waals surface area contributed by atoms with Gasteiger partial charge in [0.15, 0.2) is 0 Å². The Bertz CT molecular complexity index is 729. The summed E-state index contributed by atoms with van der Waals surface area (Å²) >= 11 is 1.73. The Morgan fingerprint density at radius 3 is 2.69 bits per heavy atom. The van der Waals surface area contributed by atoms with Crippen LogP contribution >= 0.6 is 11.8 Å². The summed E-state index contributed by atoms with van der Waals surface area (Å²) in [7, 11) is 0. The van der Waals surface area contributed by atoms with Gasteiger partial charge in [0.1, 0.15) is 0 Å². The maximum atomic E-state index is 12.6. The number of carbonyl (C=O) groups excluding carboxylic acids is 1. The van der Waals surface area contributed by atoms with Gasteiger partial charge in [0.25, 0.3) is 5.91 Å². The number of amides is 1. The van der Waals surface area contributed by atoms with Crippen LogP contribution in [0, 0.1) is 0 Å². The summed E-state index contributed by atoms with van der Waals surface area (Å²) in [5.41, 5.74) is 2.95. The number of likely N-dealkylation sites (tertiary alicyclic amines) is 1. The highest BCUT2D eigenvalue weighted by atomic mass is 32.2. The van der Waals surface area contributed by atoms with Crippen LogP contribution < -0.4 is 5.32 Å². The van der Waals surface area contributed by atoms with Crippen molar-refractivity contribution in [3.05, 3.63) is 54.1 Å². The van der Waals surface area contributed by atoms with Gasteiger partial charge in [-0.2, -0.15) is 0 Å². The minimum Gasteiger partial charge on any atom is -0.350 e. The van der Waals surface area contributed by atoms with Crippen LogP contribution in [-0.2, 0) is 0 Å². The molecule has 0 radical (unpaired) electrons. The predicted octanol–water partition coefficient (Wildman–Crippen LogP) is 4.68. The number of nitrogens with one attached hydrogen (secondary N) is 1. The second kappa shape index (κ2) is 9.24. The zero-order chi connectivity index (χ0) is 18.4. The van der Waals surface area contributed by atoms with E-state index >= 15 is 0 Å². The molecule has 0 bridgehead atoms. The predicted molar refractivity (Wildman–Crippen MR) is 111 cm³/mol. The highest BCUT2D eigenvalue weighted by molar-refractivity contribution is 7.98. The molecule has 1 aliphatic heterocycles. The summed E-state index contributed by atoms with van der Waals surface area (Å²) in [5, 5.41) is 3.15. The van der Waals surface area contributed by atoms with Crippen LogP contribution in [0.2, 0.25) is 0 Å². The van der Waals surface area contributed by atoms with Gasteiger partial charge < -0.3 is 5.32 Å². The Hall–Kier alpha value is -1.78. The summed E-state index contributed by atoms with van der Waals surface area (Å²) in [6, 6.07) is 16.9. The van der Waals surface area contributed by atoms with Crippen LogP contribution in [0.1, 0.15) is 36.5 Å². The number of likely N-dealkylation sites (N-methyl/N-ethyl adjacent to an activating group) is 1. The molecule has 2 aromatic carbocycles. The second-order valence-electron chi connectivity index (χ2n) is 6.80. The fraction of sp³-hybridized carbons (Fsp3) is 0.409. The third-order valence-electron chi connectivity index (χ3n) is 5.20. The third kappa shape index (κ3) is 4.68. The minimum absolute atomic E-state index is 0.0224. The highest BCUT2D eigenvalue weighted by Gasteiger charge is 2.21. The van der Waals surface area contributed by atoms with Crippen LogP contribution in [0.25, 0.3) is 11.1 Å². The quantitative estimate of drug-likeness (QED) is 0.752. The van der Waals surface area contributed by atoms with Crippen molar-refractivity contribution in [1.29, 1.82) is 0 Å². The molecule has 1 saturated heterocycles. The standard InChI is InChI=1S/C22H28N2OS/c1-3-24-14-5-4-9-20(24)16-23-22(25)19-8-6-7-18(15-19)17-10-12-21(26-2)13-11-17/h6-8,10-13,15,20H,3-5,9,14,16H2,1-2H3,(H,23,25). The summed E-state index contributed by atoms with van der Waals surface area (Å²) in [6.07, 6.45) is 5.79. The van der Waals surface area contributed by atoms with Crippen molar-refractivity contribution in [2.45, 2.75) is 37.1 Å². The number of hydrogen-bond acceptors (Lipinski definition) is 3. The normalized spacial score (nSPS) is 17.8. The topological polar surface area (TPSA) is 32.3 Å². The van der Waals surface area contributed by atoms with Gasteiger partial charge in [-0.15, -0.1) is 11.8 Å². The molecule has 3 nitrogen and oxygen atoms in total. The van der Waals surface area contributed by atoms with E-state index in [1.165, 1.54) is 24.2 Å². The van der Waals surface area contributed by atoms with Crippen molar-refractivity contribution >= 4 is 17.7 Å². The molecule has 1 unspecified atom stereocenters. The number of rotatable bonds is 6. The third-order valence-corrected chi connectivity index (χ3v) is 5.95. The average molecular weight is 369 g/mol. The van der Waals surface area contributed by atoms with Gasteiger partial charge in [-0.3, -0.25) is 9.69 Å². The first-order valence-corrected chi connectivity index (χ1v) is 10.7. The number of nitrogens with zero attached hydrogens (tertiary/aromatic N) is 1. The van der Waals surface area contributed by atoms with Gasteiger partial charge in [-0.1, -0.05) is 37.6 Å². The number of hydrogen-bond donors (Lipinski definition) is 1. The Balaban J connectivity index is 1.66. The molecule has 138 valence electrons. The van der Waals surface area contributed by atoms with Gasteiger partial charge in [0.2, 0.25) is 0 Å².